The van der Waals surface area contributed by atoms with Crippen LogP contribution in [0.15, 0.2) is 48.5 Å². The van der Waals surface area contributed by atoms with Crippen LogP contribution in [0.4, 0.5) is 0 Å². The topological polar surface area (TPSA) is 76.0 Å². The number of nitrogens with one attached hydrogen (secondary N) is 2. The molecule has 2 aromatic carbocycles. The lowest BCUT2D eigenvalue weighted by atomic mass is 10.2. The van der Waals surface area contributed by atoms with Crippen molar-refractivity contribution < 1.29 is 9.59 Å². The second-order valence-corrected chi connectivity index (χ2v) is 8.23. The van der Waals surface area contributed by atoms with Crippen LogP contribution in [0, 0.1) is 0 Å². The second kappa shape index (κ2) is 8.88. The first-order valence-electron chi connectivity index (χ1n) is 10.3. The first-order chi connectivity index (χ1) is 14.5. The summed E-state index contributed by atoms with van der Waals surface area (Å²) in [5.74, 6) is 0.413. The molecule has 1 fully saturated rings. The third-order valence-electron chi connectivity index (χ3n) is 5.55. The van der Waals surface area contributed by atoms with Crippen LogP contribution in [0.25, 0.3) is 11.0 Å². The Morgan fingerprint density at radius 1 is 1.13 bits per heavy atom. The van der Waals surface area contributed by atoms with E-state index in [9.17, 15) is 9.59 Å². The maximum atomic E-state index is 12.7. The number of nitrogens with zero attached hydrogens (tertiary/aromatic N) is 2. The zero-order valence-electron chi connectivity index (χ0n) is 16.9. The van der Waals surface area contributed by atoms with Gasteiger partial charge in [0.2, 0.25) is 5.91 Å². The Bertz CT molecular complexity index is 1050. The number of para-hydroxylation sites is 2. The van der Waals surface area contributed by atoms with Gasteiger partial charge >= 0.3 is 0 Å². The Morgan fingerprint density at radius 2 is 1.83 bits per heavy atom. The van der Waals surface area contributed by atoms with Gasteiger partial charge in [-0.25, -0.2) is 4.98 Å². The molecule has 1 atom stereocenters. The molecule has 2 amide bonds. The van der Waals surface area contributed by atoms with Crippen molar-refractivity contribution >= 4 is 34.4 Å². The van der Waals surface area contributed by atoms with Crippen molar-refractivity contribution in [2.24, 2.45) is 0 Å². The SMILES string of the molecule is CC(NC(=O)c1ccc(Cl)cc1)c1nc2ccccc2n1CC(=O)NC1CCCC1. The number of aromatic nitrogens is 2. The first-order valence-corrected chi connectivity index (χ1v) is 10.7. The van der Waals surface area contributed by atoms with Crippen molar-refractivity contribution in [3.63, 3.8) is 0 Å². The number of rotatable bonds is 6. The fraction of sp³-hybridized carbons (Fsp3) is 0.348. The van der Waals surface area contributed by atoms with Gasteiger partial charge in [0.1, 0.15) is 12.4 Å². The molecule has 156 valence electrons. The van der Waals surface area contributed by atoms with E-state index in [4.69, 9.17) is 16.6 Å². The van der Waals surface area contributed by atoms with E-state index in [0.717, 1.165) is 36.7 Å². The van der Waals surface area contributed by atoms with Gasteiger partial charge in [-0.1, -0.05) is 36.6 Å². The van der Waals surface area contributed by atoms with E-state index in [1.807, 2.05) is 35.8 Å². The van der Waals surface area contributed by atoms with Crippen molar-refractivity contribution in [2.75, 3.05) is 0 Å². The molecule has 1 aliphatic rings. The Labute approximate surface area is 180 Å². The van der Waals surface area contributed by atoms with E-state index in [2.05, 4.69) is 10.6 Å². The van der Waals surface area contributed by atoms with Crippen LogP contribution in [-0.4, -0.2) is 27.4 Å². The Balaban J connectivity index is 1.56. The van der Waals surface area contributed by atoms with Crippen molar-refractivity contribution in [1.82, 2.24) is 20.2 Å². The van der Waals surface area contributed by atoms with Gasteiger partial charge < -0.3 is 15.2 Å². The van der Waals surface area contributed by atoms with Gasteiger partial charge in [-0.3, -0.25) is 9.59 Å². The van der Waals surface area contributed by atoms with Crippen molar-refractivity contribution in [3.05, 3.63) is 64.9 Å². The fourth-order valence-corrected chi connectivity index (χ4v) is 4.15. The number of amides is 2. The molecular formula is C23H25ClN4O2. The molecule has 1 saturated carbocycles. The molecule has 1 aromatic heterocycles. The lowest BCUT2D eigenvalue weighted by Crippen LogP contribution is -2.36. The first kappa shape index (κ1) is 20.4. The maximum absolute atomic E-state index is 12.7. The number of hydrogen-bond donors (Lipinski definition) is 2. The number of benzene rings is 2. The molecule has 0 bridgehead atoms. The summed E-state index contributed by atoms with van der Waals surface area (Å²) in [4.78, 5) is 30.1. The van der Waals surface area contributed by atoms with Crippen LogP contribution in [0.3, 0.4) is 0 Å². The fourth-order valence-electron chi connectivity index (χ4n) is 4.02. The number of imidazole rings is 1. The molecule has 0 saturated heterocycles. The number of carbonyl (C=O) groups excluding carboxylic acids is 2. The average molecular weight is 425 g/mol. The molecular weight excluding hydrogens is 400 g/mol. The molecule has 4 rings (SSSR count). The second-order valence-electron chi connectivity index (χ2n) is 7.80. The summed E-state index contributed by atoms with van der Waals surface area (Å²) in [6.07, 6.45) is 4.41. The van der Waals surface area contributed by atoms with Gasteiger partial charge in [0.05, 0.1) is 17.1 Å². The number of hydrogen-bond acceptors (Lipinski definition) is 3. The van der Waals surface area contributed by atoms with E-state index >= 15 is 0 Å². The molecule has 1 aliphatic carbocycles. The van der Waals surface area contributed by atoms with Crippen LogP contribution in [-0.2, 0) is 11.3 Å². The molecule has 30 heavy (non-hydrogen) atoms. The number of fused-ring (bicyclic) bond motifs is 1. The van der Waals surface area contributed by atoms with Gasteiger partial charge in [0.15, 0.2) is 0 Å². The average Bonchev–Trinajstić information content (AvgIpc) is 3.36. The Kier molecular flexibility index (Phi) is 6.04. The van der Waals surface area contributed by atoms with E-state index in [1.165, 1.54) is 0 Å². The molecule has 1 unspecified atom stereocenters. The standard InChI is InChI=1S/C23H25ClN4O2/c1-15(25-23(30)16-10-12-17(24)13-11-16)22-27-19-8-4-5-9-20(19)28(22)14-21(29)26-18-6-2-3-7-18/h4-5,8-13,15,18H,2-3,6-7,14H2,1H3,(H,25,30)(H,26,29). The largest absolute Gasteiger partial charge is 0.352 e. The van der Waals surface area contributed by atoms with Gasteiger partial charge in [-0.05, 0) is 56.2 Å². The van der Waals surface area contributed by atoms with E-state index in [0.29, 0.717) is 16.4 Å². The minimum absolute atomic E-state index is 0.0254. The summed E-state index contributed by atoms with van der Waals surface area (Å²) in [6, 6.07) is 14.3. The highest BCUT2D eigenvalue weighted by Crippen LogP contribution is 2.22. The van der Waals surface area contributed by atoms with Crippen LogP contribution in [0.5, 0.6) is 0 Å². The summed E-state index contributed by atoms with van der Waals surface area (Å²) in [7, 11) is 0. The summed E-state index contributed by atoms with van der Waals surface area (Å²) >= 11 is 5.91. The molecule has 0 radical (unpaired) electrons. The molecule has 0 aliphatic heterocycles. The van der Waals surface area contributed by atoms with Crippen molar-refractivity contribution in [1.29, 1.82) is 0 Å². The minimum atomic E-state index is -0.375. The van der Waals surface area contributed by atoms with Gasteiger partial charge in [-0.2, -0.15) is 0 Å². The molecule has 3 aromatic rings. The zero-order chi connectivity index (χ0) is 21.1. The summed E-state index contributed by atoms with van der Waals surface area (Å²) < 4.78 is 1.90. The van der Waals surface area contributed by atoms with Crippen LogP contribution in [0.1, 0.15) is 54.8 Å². The molecule has 0 spiro atoms. The van der Waals surface area contributed by atoms with Gasteiger partial charge in [-0.15, -0.1) is 0 Å². The lowest BCUT2D eigenvalue weighted by molar-refractivity contribution is -0.122. The summed E-state index contributed by atoms with van der Waals surface area (Å²) in [5, 5.41) is 6.69. The van der Waals surface area contributed by atoms with Crippen LogP contribution >= 0.6 is 11.6 Å². The third-order valence-corrected chi connectivity index (χ3v) is 5.80. The van der Waals surface area contributed by atoms with Gasteiger partial charge in [0, 0.05) is 16.6 Å². The number of carbonyl (C=O) groups is 2. The highest BCUT2D eigenvalue weighted by atomic mass is 35.5. The van der Waals surface area contributed by atoms with E-state index in [1.54, 1.807) is 24.3 Å². The predicted molar refractivity (Wildman–Crippen MR) is 117 cm³/mol. The van der Waals surface area contributed by atoms with E-state index in [-0.39, 0.29) is 30.4 Å². The number of halogens is 1. The lowest BCUT2D eigenvalue weighted by Gasteiger charge is -2.18. The van der Waals surface area contributed by atoms with Gasteiger partial charge in [0.25, 0.3) is 5.91 Å². The van der Waals surface area contributed by atoms with E-state index < -0.39 is 0 Å². The Hall–Kier alpha value is -2.86. The minimum Gasteiger partial charge on any atom is -0.352 e. The normalized spacial score (nSPS) is 15.3. The predicted octanol–water partition coefficient (Wildman–Crippen LogP) is 4.24. The third kappa shape index (κ3) is 4.49. The van der Waals surface area contributed by atoms with Crippen LogP contribution in [0.2, 0.25) is 5.02 Å². The highest BCUT2D eigenvalue weighted by Gasteiger charge is 2.22. The maximum Gasteiger partial charge on any atom is 0.251 e. The monoisotopic (exact) mass is 424 g/mol. The molecule has 6 nitrogen and oxygen atoms in total. The van der Waals surface area contributed by atoms with Crippen molar-refractivity contribution in [2.45, 2.75) is 51.2 Å². The highest BCUT2D eigenvalue weighted by molar-refractivity contribution is 6.30. The van der Waals surface area contributed by atoms with Crippen LogP contribution < -0.4 is 10.6 Å². The molecule has 2 N–H and O–H groups in total. The quantitative estimate of drug-likeness (QED) is 0.621. The molecule has 7 heteroatoms. The summed E-state index contributed by atoms with van der Waals surface area (Å²) in [6.45, 7) is 2.05. The summed E-state index contributed by atoms with van der Waals surface area (Å²) in [5.41, 5.74) is 2.20. The Morgan fingerprint density at radius 3 is 2.57 bits per heavy atom. The zero-order valence-corrected chi connectivity index (χ0v) is 17.7. The molecule has 1 heterocycles. The smallest absolute Gasteiger partial charge is 0.251 e. The van der Waals surface area contributed by atoms with Crippen molar-refractivity contribution in [3.8, 4) is 0 Å².